The molecule has 4 aromatic carbocycles. The lowest BCUT2D eigenvalue weighted by atomic mass is 9.99. The molecule has 1 aliphatic rings. The number of hydrogen-bond acceptors (Lipinski definition) is 5. The molecule has 7 heteroatoms. The maximum absolute atomic E-state index is 14.6. The van der Waals surface area contributed by atoms with Gasteiger partial charge in [0, 0.05) is 17.2 Å². The Morgan fingerprint density at radius 3 is 2.03 bits per heavy atom. The van der Waals surface area contributed by atoms with Gasteiger partial charge in [-0.25, -0.2) is 9.29 Å². The Balaban J connectivity index is 1.68. The van der Waals surface area contributed by atoms with E-state index in [1.165, 1.54) is 12.1 Å². The van der Waals surface area contributed by atoms with E-state index in [9.17, 15) is 18.8 Å². The smallest absolute Gasteiger partial charge is 0.270 e. The van der Waals surface area contributed by atoms with Crippen molar-refractivity contribution in [3.05, 3.63) is 101 Å². The van der Waals surface area contributed by atoms with Crippen LogP contribution in [0.4, 0.5) is 10.1 Å². The first-order valence-electron chi connectivity index (χ1n) is 11.5. The second-order valence-corrected chi connectivity index (χ2v) is 8.25. The first-order valence-corrected chi connectivity index (χ1v) is 11.5. The third-order valence-corrected chi connectivity index (χ3v) is 6.07. The third kappa shape index (κ3) is 3.88. The van der Waals surface area contributed by atoms with Crippen molar-refractivity contribution in [1.29, 1.82) is 0 Å². The first-order chi connectivity index (χ1) is 17.5. The fourth-order valence-corrected chi connectivity index (χ4v) is 4.44. The molecule has 0 saturated carbocycles. The highest BCUT2D eigenvalue weighted by Gasteiger charge is 2.43. The summed E-state index contributed by atoms with van der Waals surface area (Å²) >= 11 is 0. The molecule has 2 amide bonds. The van der Waals surface area contributed by atoms with Crippen molar-refractivity contribution < 1.29 is 28.2 Å². The van der Waals surface area contributed by atoms with Gasteiger partial charge >= 0.3 is 0 Å². The molecule has 0 saturated heterocycles. The van der Waals surface area contributed by atoms with Crippen LogP contribution < -0.4 is 14.4 Å². The number of amides is 2. The molecule has 36 heavy (non-hydrogen) atoms. The average molecular weight is 483 g/mol. The second-order valence-electron chi connectivity index (χ2n) is 8.25. The van der Waals surface area contributed by atoms with Gasteiger partial charge in [0.25, 0.3) is 11.8 Å². The lowest BCUT2D eigenvalue weighted by Crippen LogP contribution is -2.29. The van der Waals surface area contributed by atoms with E-state index in [0.29, 0.717) is 17.1 Å². The van der Waals surface area contributed by atoms with Gasteiger partial charge in [-0.05, 0) is 30.2 Å². The summed E-state index contributed by atoms with van der Waals surface area (Å²) in [5.41, 5.74) is 1.30. The number of imide groups is 1. The number of aldehydes is 1. The molecule has 6 nitrogen and oxygen atoms in total. The molecule has 0 aromatic heterocycles. The largest absolute Gasteiger partial charge is 0.492 e. The zero-order valence-corrected chi connectivity index (χ0v) is 19.5. The Bertz CT molecular complexity index is 1500. The molecule has 0 atom stereocenters. The monoisotopic (exact) mass is 483 g/mol. The quantitative estimate of drug-likeness (QED) is 0.245. The molecular formula is C29H22FNO5. The molecule has 0 spiro atoms. The Labute approximate surface area is 206 Å². The van der Waals surface area contributed by atoms with Crippen LogP contribution in [-0.2, 0) is 17.8 Å². The van der Waals surface area contributed by atoms with E-state index >= 15 is 0 Å². The maximum atomic E-state index is 14.6. The number of carbonyl (C=O) groups excluding carboxylic acids is 3. The zero-order chi connectivity index (χ0) is 25.2. The molecule has 0 aliphatic carbocycles. The molecule has 0 fully saturated rings. The predicted octanol–water partition coefficient (Wildman–Crippen LogP) is 5.50. The average Bonchev–Trinajstić information content (AvgIpc) is 3.15. The summed E-state index contributed by atoms with van der Waals surface area (Å²) in [5, 5.41) is 1.27. The zero-order valence-electron chi connectivity index (χ0n) is 19.5. The number of benzene rings is 4. The lowest BCUT2D eigenvalue weighted by Gasteiger charge is -2.16. The van der Waals surface area contributed by atoms with Crippen molar-refractivity contribution in [2.75, 3.05) is 11.5 Å². The fraction of sp³-hybridized carbons (Fsp3) is 0.138. The summed E-state index contributed by atoms with van der Waals surface area (Å²) in [6.07, 6.45) is 0.488. The number of hydrogen-bond donors (Lipinski definition) is 0. The van der Waals surface area contributed by atoms with Crippen molar-refractivity contribution >= 4 is 34.6 Å². The lowest BCUT2D eigenvalue weighted by molar-refractivity contribution is -0.107. The summed E-state index contributed by atoms with van der Waals surface area (Å²) in [6.45, 7) is 2.25. The van der Waals surface area contributed by atoms with E-state index in [1.807, 2.05) is 54.6 Å². The van der Waals surface area contributed by atoms with Gasteiger partial charge < -0.3 is 14.3 Å². The van der Waals surface area contributed by atoms with Gasteiger partial charge in [-0.3, -0.25) is 9.59 Å². The molecule has 5 rings (SSSR count). The number of ether oxygens (including phenoxy) is 2. The minimum atomic E-state index is -0.674. The topological polar surface area (TPSA) is 72.9 Å². The van der Waals surface area contributed by atoms with E-state index in [0.717, 1.165) is 16.5 Å². The molecule has 0 radical (unpaired) electrons. The summed E-state index contributed by atoms with van der Waals surface area (Å²) in [4.78, 5) is 39.2. The van der Waals surface area contributed by atoms with Gasteiger partial charge in [-0.15, -0.1) is 0 Å². The normalized spacial score (nSPS) is 12.7. The molecule has 0 unspecified atom stereocenters. The molecule has 1 heterocycles. The SMILES string of the molecule is CCOc1c2c(c(OCc3ccccc3)c3ccccc13)C(=O)N(c1ccc(CC=O)c(F)c1)C2=O. The highest BCUT2D eigenvalue weighted by molar-refractivity contribution is 6.38. The van der Waals surface area contributed by atoms with E-state index in [-0.39, 0.29) is 53.5 Å². The van der Waals surface area contributed by atoms with E-state index in [4.69, 9.17) is 9.47 Å². The fourth-order valence-electron chi connectivity index (χ4n) is 4.44. The minimum absolute atomic E-state index is 0.0638. The standard InChI is InChI=1S/C29H22FNO5/c1-2-35-26-21-10-6-7-11-22(21)27(36-17-18-8-4-3-5-9-18)25-24(26)28(33)31(29(25)34)20-13-12-19(14-15-32)23(30)16-20/h3-13,15-16H,2,14,17H2,1H3. The van der Waals surface area contributed by atoms with Crippen LogP contribution in [0.2, 0.25) is 0 Å². The van der Waals surface area contributed by atoms with Crippen molar-refractivity contribution in [3.63, 3.8) is 0 Å². The molecule has 4 aromatic rings. The maximum Gasteiger partial charge on any atom is 0.270 e. The molecule has 0 bridgehead atoms. The van der Waals surface area contributed by atoms with E-state index < -0.39 is 17.6 Å². The molecule has 1 aliphatic heterocycles. The minimum Gasteiger partial charge on any atom is -0.492 e. The number of halogens is 1. The van der Waals surface area contributed by atoms with E-state index in [1.54, 1.807) is 6.92 Å². The second kappa shape index (κ2) is 9.62. The van der Waals surface area contributed by atoms with Crippen LogP contribution in [0.15, 0.2) is 72.8 Å². The van der Waals surface area contributed by atoms with Crippen LogP contribution in [0.5, 0.6) is 11.5 Å². The van der Waals surface area contributed by atoms with Gasteiger partial charge in [0.15, 0.2) is 0 Å². The van der Waals surface area contributed by atoms with Gasteiger partial charge in [0.1, 0.15) is 30.2 Å². The number of fused-ring (bicyclic) bond motifs is 2. The van der Waals surface area contributed by atoms with Crippen LogP contribution in [0.1, 0.15) is 38.8 Å². The number of carbonyl (C=O) groups is 3. The molecular weight excluding hydrogens is 461 g/mol. The summed E-state index contributed by atoms with van der Waals surface area (Å²) in [7, 11) is 0. The van der Waals surface area contributed by atoms with Crippen LogP contribution in [0.25, 0.3) is 10.8 Å². The number of nitrogens with zero attached hydrogens (tertiary/aromatic N) is 1. The van der Waals surface area contributed by atoms with Crippen molar-refractivity contribution in [1.82, 2.24) is 0 Å². The molecule has 0 N–H and O–H groups in total. The Hall–Kier alpha value is -4.52. The van der Waals surface area contributed by atoms with Crippen molar-refractivity contribution in [2.24, 2.45) is 0 Å². The summed E-state index contributed by atoms with van der Waals surface area (Å²) in [6, 6.07) is 20.7. The highest BCUT2D eigenvalue weighted by atomic mass is 19.1. The Morgan fingerprint density at radius 2 is 1.44 bits per heavy atom. The summed E-state index contributed by atoms with van der Waals surface area (Å²) < 4.78 is 26.7. The predicted molar refractivity (Wildman–Crippen MR) is 133 cm³/mol. The molecule has 180 valence electrons. The van der Waals surface area contributed by atoms with Gasteiger partial charge in [0.2, 0.25) is 0 Å². The summed E-state index contributed by atoms with van der Waals surface area (Å²) in [5.74, 6) is -1.38. The van der Waals surface area contributed by atoms with Crippen molar-refractivity contribution in [3.8, 4) is 11.5 Å². The van der Waals surface area contributed by atoms with Crippen LogP contribution in [-0.4, -0.2) is 24.7 Å². The van der Waals surface area contributed by atoms with Crippen LogP contribution >= 0.6 is 0 Å². The van der Waals surface area contributed by atoms with Crippen LogP contribution in [0.3, 0.4) is 0 Å². The van der Waals surface area contributed by atoms with E-state index in [2.05, 4.69) is 0 Å². The highest BCUT2D eigenvalue weighted by Crippen LogP contribution is 2.46. The first kappa shape index (κ1) is 23.2. The van der Waals surface area contributed by atoms with Crippen molar-refractivity contribution in [2.45, 2.75) is 20.0 Å². The third-order valence-electron chi connectivity index (χ3n) is 6.07. The van der Waals surface area contributed by atoms with Crippen LogP contribution in [0, 0.1) is 5.82 Å². The van der Waals surface area contributed by atoms with Gasteiger partial charge in [0.05, 0.1) is 23.4 Å². The van der Waals surface area contributed by atoms with Gasteiger partial charge in [-0.1, -0.05) is 60.7 Å². The number of rotatable bonds is 8. The Morgan fingerprint density at radius 1 is 0.833 bits per heavy atom. The number of anilines is 1. The Kier molecular flexibility index (Phi) is 6.21. The van der Waals surface area contributed by atoms with Gasteiger partial charge in [-0.2, -0.15) is 0 Å².